The van der Waals surface area contributed by atoms with Gasteiger partial charge in [-0.2, -0.15) is 0 Å². The number of methoxy groups -OCH3 is 1. The van der Waals surface area contributed by atoms with Gasteiger partial charge in [-0.05, 0) is 30.5 Å². The molecule has 0 bridgehead atoms. The van der Waals surface area contributed by atoms with E-state index in [-0.39, 0.29) is 0 Å². The number of hydrogen-bond acceptors (Lipinski definition) is 4. The van der Waals surface area contributed by atoms with Gasteiger partial charge in [0.25, 0.3) is 0 Å². The van der Waals surface area contributed by atoms with E-state index in [1.807, 2.05) is 12.1 Å². The number of aliphatic imine (C=N–C) groups is 1. The molecule has 0 saturated heterocycles. The first-order valence-corrected chi connectivity index (χ1v) is 6.02. The molecular weight excluding hydrogens is 214 g/mol. The van der Waals surface area contributed by atoms with E-state index >= 15 is 0 Å². The van der Waals surface area contributed by atoms with Gasteiger partial charge >= 0.3 is 0 Å². The Labute approximate surface area is 101 Å². The van der Waals surface area contributed by atoms with E-state index in [1.54, 1.807) is 7.11 Å². The van der Waals surface area contributed by atoms with Crippen molar-refractivity contribution in [2.24, 2.45) is 10.7 Å². The molecule has 1 aliphatic carbocycles. The zero-order chi connectivity index (χ0) is 11.8. The summed E-state index contributed by atoms with van der Waals surface area (Å²) in [5, 5.41) is 0. The van der Waals surface area contributed by atoms with Crippen LogP contribution in [0.5, 0.6) is 5.75 Å². The maximum absolute atomic E-state index is 5.95. The van der Waals surface area contributed by atoms with Crippen LogP contribution in [0.3, 0.4) is 0 Å². The fraction of sp³-hybridized carbons (Fsp3) is 0.462. The lowest BCUT2D eigenvalue weighted by Crippen LogP contribution is -2.37. The second-order valence-electron chi connectivity index (χ2n) is 4.63. The van der Waals surface area contributed by atoms with Gasteiger partial charge in [0.1, 0.15) is 5.75 Å². The molecule has 2 N–H and O–H groups in total. The van der Waals surface area contributed by atoms with Gasteiger partial charge in [-0.1, -0.05) is 12.1 Å². The summed E-state index contributed by atoms with van der Waals surface area (Å²) in [5.74, 6) is 1.59. The lowest BCUT2D eigenvalue weighted by atomic mass is 10.1. The van der Waals surface area contributed by atoms with Crippen molar-refractivity contribution in [2.75, 3.05) is 13.7 Å². The fourth-order valence-corrected chi connectivity index (χ4v) is 2.40. The molecule has 0 aromatic heterocycles. The summed E-state index contributed by atoms with van der Waals surface area (Å²) in [5.41, 5.74) is 7.22. The zero-order valence-corrected chi connectivity index (χ0v) is 9.97. The van der Waals surface area contributed by atoms with Crippen molar-refractivity contribution in [1.29, 1.82) is 0 Å². The number of hydrogen-bond donors (Lipinski definition) is 1. The first kappa shape index (κ1) is 10.4. The highest BCUT2D eigenvalue weighted by Crippen LogP contribution is 2.37. The third-order valence-electron chi connectivity index (χ3n) is 3.47. The number of nitrogens with two attached hydrogens (primary N) is 1. The lowest BCUT2D eigenvalue weighted by molar-refractivity contribution is 0.337. The van der Waals surface area contributed by atoms with E-state index in [1.165, 1.54) is 18.4 Å². The summed E-state index contributed by atoms with van der Waals surface area (Å²) in [6.45, 7) is 0.772. The molecule has 1 unspecified atom stereocenters. The van der Waals surface area contributed by atoms with Crippen molar-refractivity contribution in [3.63, 3.8) is 0 Å². The van der Waals surface area contributed by atoms with Crippen molar-refractivity contribution in [1.82, 2.24) is 4.90 Å². The van der Waals surface area contributed by atoms with Gasteiger partial charge in [-0.15, -0.1) is 0 Å². The molecular formula is C13H17N3O. The number of guanidine groups is 1. The second-order valence-corrected chi connectivity index (χ2v) is 4.63. The zero-order valence-electron chi connectivity index (χ0n) is 9.97. The molecule has 17 heavy (non-hydrogen) atoms. The smallest absolute Gasteiger partial charge is 0.192 e. The summed E-state index contributed by atoms with van der Waals surface area (Å²) in [7, 11) is 1.68. The quantitative estimate of drug-likeness (QED) is 0.858. The van der Waals surface area contributed by atoms with Crippen LogP contribution in [0.4, 0.5) is 0 Å². The van der Waals surface area contributed by atoms with Crippen LogP contribution in [0.25, 0.3) is 0 Å². The molecule has 1 saturated carbocycles. The van der Waals surface area contributed by atoms with Crippen LogP contribution in [0.1, 0.15) is 24.4 Å². The Kier molecular flexibility index (Phi) is 2.42. The Balaban J connectivity index is 1.83. The summed E-state index contributed by atoms with van der Waals surface area (Å²) in [6, 6.07) is 9.12. The van der Waals surface area contributed by atoms with E-state index in [0.29, 0.717) is 18.0 Å². The SMILES string of the molecule is COc1ccc(C2CN=C(N)N2C2CC2)cc1. The molecule has 3 rings (SSSR count). The summed E-state index contributed by atoms with van der Waals surface area (Å²) in [6.07, 6.45) is 2.48. The van der Waals surface area contributed by atoms with Crippen LogP contribution in [0.2, 0.25) is 0 Å². The monoisotopic (exact) mass is 231 g/mol. The maximum Gasteiger partial charge on any atom is 0.192 e. The standard InChI is InChI=1S/C13H17N3O/c1-17-11-6-2-9(3-7-11)12-8-15-13(14)16(12)10-4-5-10/h2-3,6-7,10,12H,4-5,8H2,1H3,(H2,14,15). The van der Waals surface area contributed by atoms with Crippen molar-refractivity contribution >= 4 is 5.96 Å². The van der Waals surface area contributed by atoms with Gasteiger partial charge in [-0.25, -0.2) is 0 Å². The van der Waals surface area contributed by atoms with Gasteiger partial charge in [0.05, 0.1) is 19.7 Å². The third-order valence-corrected chi connectivity index (χ3v) is 3.47. The number of rotatable bonds is 3. The normalized spacial score (nSPS) is 23.7. The van der Waals surface area contributed by atoms with Crippen LogP contribution in [-0.4, -0.2) is 30.6 Å². The molecule has 0 amide bonds. The first-order valence-electron chi connectivity index (χ1n) is 6.02. The topological polar surface area (TPSA) is 50.9 Å². The number of ether oxygens (including phenoxy) is 1. The molecule has 1 aromatic rings. The molecule has 1 aliphatic heterocycles. The lowest BCUT2D eigenvalue weighted by Gasteiger charge is -2.26. The van der Waals surface area contributed by atoms with Gasteiger partial charge < -0.3 is 15.4 Å². The van der Waals surface area contributed by atoms with E-state index in [4.69, 9.17) is 10.5 Å². The highest BCUT2D eigenvalue weighted by Gasteiger charge is 2.38. The molecule has 4 nitrogen and oxygen atoms in total. The van der Waals surface area contributed by atoms with E-state index in [0.717, 1.165) is 12.3 Å². The fourth-order valence-electron chi connectivity index (χ4n) is 2.40. The minimum atomic E-state index is 0.313. The average Bonchev–Trinajstić information content (AvgIpc) is 3.13. The van der Waals surface area contributed by atoms with Gasteiger partial charge in [0, 0.05) is 6.04 Å². The maximum atomic E-state index is 5.95. The van der Waals surface area contributed by atoms with E-state index < -0.39 is 0 Å². The minimum absolute atomic E-state index is 0.313. The predicted molar refractivity (Wildman–Crippen MR) is 67.1 cm³/mol. The molecule has 1 fully saturated rings. The van der Waals surface area contributed by atoms with Crippen molar-refractivity contribution in [3.05, 3.63) is 29.8 Å². The molecule has 90 valence electrons. The Bertz CT molecular complexity index is 436. The molecule has 0 radical (unpaired) electrons. The number of nitrogens with zero attached hydrogens (tertiary/aromatic N) is 2. The Hall–Kier alpha value is -1.71. The summed E-state index contributed by atoms with van der Waals surface area (Å²) in [4.78, 5) is 6.63. The van der Waals surface area contributed by atoms with Crippen LogP contribution < -0.4 is 10.5 Å². The van der Waals surface area contributed by atoms with Gasteiger partial charge in [0.15, 0.2) is 5.96 Å². The first-order chi connectivity index (χ1) is 8.29. The molecule has 0 spiro atoms. The van der Waals surface area contributed by atoms with E-state index in [9.17, 15) is 0 Å². The van der Waals surface area contributed by atoms with Crippen LogP contribution in [0, 0.1) is 0 Å². The van der Waals surface area contributed by atoms with Crippen molar-refractivity contribution < 1.29 is 4.74 Å². The molecule has 1 aromatic carbocycles. The second kappa shape index (κ2) is 3.95. The molecule has 1 atom stereocenters. The van der Waals surface area contributed by atoms with Crippen molar-refractivity contribution in [2.45, 2.75) is 24.9 Å². The average molecular weight is 231 g/mol. The third kappa shape index (κ3) is 1.84. The molecule has 1 heterocycles. The van der Waals surface area contributed by atoms with Crippen LogP contribution in [-0.2, 0) is 0 Å². The largest absolute Gasteiger partial charge is 0.497 e. The highest BCUT2D eigenvalue weighted by atomic mass is 16.5. The number of benzene rings is 1. The van der Waals surface area contributed by atoms with Crippen LogP contribution >= 0.6 is 0 Å². The highest BCUT2D eigenvalue weighted by molar-refractivity contribution is 5.81. The summed E-state index contributed by atoms with van der Waals surface area (Å²) < 4.78 is 5.17. The van der Waals surface area contributed by atoms with Gasteiger partial charge in [0.2, 0.25) is 0 Å². The Morgan fingerprint density at radius 3 is 2.59 bits per heavy atom. The molecule has 2 aliphatic rings. The Morgan fingerprint density at radius 1 is 1.29 bits per heavy atom. The minimum Gasteiger partial charge on any atom is -0.497 e. The van der Waals surface area contributed by atoms with Crippen LogP contribution in [0.15, 0.2) is 29.3 Å². The van der Waals surface area contributed by atoms with E-state index in [2.05, 4.69) is 22.0 Å². The molecule has 4 heteroatoms. The summed E-state index contributed by atoms with van der Waals surface area (Å²) >= 11 is 0. The Morgan fingerprint density at radius 2 is 2.00 bits per heavy atom. The van der Waals surface area contributed by atoms with Gasteiger partial charge in [-0.3, -0.25) is 4.99 Å². The predicted octanol–water partition coefficient (Wildman–Crippen LogP) is 1.53. The van der Waals surface area contributed by atoms with Crippen molar-refractivity contribution in [3.8, 4) is 5.75 Å².